The molecule has 0 bridgehead atoms. The van der Waals surface area contributed by atoms with E-state index < -0.39 is 0 Å². The highest BCUT2D eigenvalue weighted by atomic mass is 35.5. The molecule has 0 atom stereocenters. The highest BCUT2D eigenvalue weighted by Crippen LogP contribution is 2.40. The van der Waals surface area contributed by atoms with E-state index in [2.05, 4.69) is 10.2 Å². The number of carbonyl (C=O) groups excluding carboxylic acids is 1. The number of halogens is 1. The summed E-state index contributed by atoms with van der Waals surface area (Å²) in [4.78, 5) is 13.3. The predicted octanol–water partition coefficient (Wildman–Crippen LogP) is 3.09. The predicted molar refractivity (Wildman–Crippen MR) is 133 cm³/mol. The van der Waals surface area contributed by atoms with Gasteiger partial charge in [0.05, 0.1) is 20.3 Å². The summed E-state index contributed by atoms with van der Waals surface area (Å²) in [5.41, 5.74) is 2.18. The lowest BCUT2D eigenvalue weighted by Gasteiger charge is -2.25. The van der Waals surface area contributed by atoms with Crippen molar-refractivity contribution >= 4 is 23.8 Å². The lowest BCUT2D eigenvalue weighted by atomic mass is 9.84. The van der Waals surface area contributed by atoms with Crippen LogP contribution in [0.1, 0.15) is 55.6 Å². The van der Waals surface area contributed by atoms with E-state index >= 15 is 0 Å². The zero-order valence-corrected chi connectivity index (χ0v) is 21.9. The van der Waals surface area contributed by atoms with Crippen molar-refractivity contribution in [2.45, 2.75) is 53.0 Å². The van der Waals surface area contributed by atoms with Gasteiger partial charge in [0.1, 0.15) is 6.54 Å². The van der Waals surface area contributed by atoms with E-state index in [1.165, 1.54) is 9.20 Å². The van der Waals surface area contributed by atoms with Gasteiger partial charge in [0.2, 0.25) is 11.5 Å². The number of aromatic nitrogens is 4. The van der Waals surface area contributed by atoms with E-state index in [1.807, 2.05) is 34.6 Å². The monoisotopic (exact) mass is 507 g/mol. The van der Waals surface area contributed by atoms with Crippen LogP contribution >= 0.6 is 12.4 Å². The molecule has 11 heteroatoms. The van der Waals surface area contributed by atoms with Crippen LogP contribution in [0.25, 0.3) is 5.65 Å². The zero-order chi connectivity index (χ0) is 25.0. The van der Waals surface area contributed by atoms with Gasteiger partial charge < -0.3 is 19.3 Å². The normalized spacial score (nSPS) is 11.3. The summed E-state index contributed by atoms with van der Waals surface area (Å²) >= 11 is 0. The third kappa shape index (κ3) is 6.12. The van der Waals surface area contributed by atoms with Gasteiger partial charge in [0, 0.05) is 35.8 Å². The number of carbonyl (C=O) groups is 1. The Morgan fingerprint density at radius 1 is 1.17 bits per heavy atom. The van der Waals surface area contributed by atoms with Gasteiger partial charge in [-0.15, -0.1) is 22.6 Å². The maximum atomic E-state index is 13.3. The number of nitrogens with zero attached hydrogens (tertiary/aromatic N) is 4. The Morgan fingerprint density at radius 2 is 1.89 bits per heavy atom. The van der Waals surface area contributed by atoms with Crippen LogP contribution in [-0.2, 0) is 12.0 Å². The number of nitrogens with one attached hydrogen (secondary N) is 1. The van der Waals surface area contributed by atoms with E-state index in [4.69, 9.17) is 24.7 Å². The Kier molecular flexibility index (Phi) is 9.28. The molecule has 10 nitrogen and oxygen atoms in total. The van der Waals surface area contributed by atoms with Crippen LogP contribution in [0.15, 0.2) is 18.2 Å². The number of fused-ring (bicyclic) bond motifs is 1. The summed E-state index contributed by atoms with van der Waals surface area (Å²) in [7, 11) is 1.57. The van der Waals surface area contributed by atoms with E-state index in [1.54, 1.807) is 25.3 Å². The van der Waals surface area contributed by atoms with Crippen LogP contribution in [0.3, 0.4) is 0 Å². The highest BCUT2D eigenvalue weighted by molar-refractivity contribution is 5.97. The first-order valence-electron chi connectivity index (χ1n) is 11.2. The minimum atomic E-state index is -0.315. The Bertz CT molecular complexity index is 1250. The van der Waals surface area contributed by atoms with Gasteiger partial charge in [-0.3, -0.25) is 10.2 Å². The number of rotatable bonds is 10. The summed E-state index contributed by atoms with van der Waals surface area (Å²) in [6, 6.07) is 5.20. The summed E-state index contributed by atoms with van der Waals surface area (Å²) < 4.78 is 19.6. The average molecular weight is 508 g/mol. The van der Waals surface area contributed by atoms with Gasteiger partial charge in [-0.1, -0.05) is 20.8 Å². The molecule has 2 heterocycles. The van der Waals surface area contributed by atoms with Crippen molar-refractivity contribution in [3.8, 4) is 17.4 Å². The SMILES string of the molecule is CCOc1cc(C)c2nn(CC(=O)c3cc(OCCCO)c(OC)c(C(C)(C)C)c3)c(=N)n2n1.Cl. The van der Waals surface area contributed by atoms with Gasteiger partial charge in [0.15, 0.2) is 22.9 Å². The van der Waals surface area contributed by atoms with Crippen molar-refractivity contribution in [3.63, 3.8) is 0 Å². The second-order valence-electron chi connectivity index (χ2n) is 8.97. The lowest BCUT2D eigenvalue weighted by Crippen LogP contribution is -2.26. The summed E-state index contributed by atoms with van der Waals surface area (Å²) in [6.07, 6.45) is 0.460. The fourth-order valence-electron chi connectivity index (χ4n) is 3.57. The number of hydrogen-bond donors (Lipinski definition) is 2. The quantitative estimate of drug-likeness (QED) is 0.319. The first kappa shape index (κ1) is 28.1. The number of methoxy groups -OCH3 is 1. The van der Waals surface area contributed by atoms with Gasteiger partial charge in [-0.05, 0) is 31.4 Å². The molecule has 3 aromatic rings. The number of hydrogen-bond acceptors (Lipinski definition) is 8. The van der Waals surface area contributed by atoms with E-state index in [-0.39, 0.29) is 42.4 Å². The van der Waals surface area contributed by atoms with Crippen molar-refractivity contribution in [1.82, 2.24) is 19.4 Å². The number of ketones is 1. The minimum Gasteiger partial charge on any atom is -0.493 e. The smallest absolute Gasteiger partial charge is 0.242 e. The average Bonchev–Trinajstić information content (AvgIpc) is 3.09. The Hall–Kier alpha value is -3.11. The molecular formula is C24H34ClN5O5. The van der Waals surface area contributed by atoms with Crippen LogP contribution in [0.2, 0.25) is 0 Å². The first-order chi connectivity index (χ1) is 16.1. The molecule has 0 saturated carbocycles. The Labute approximate surface area is 210 Å². The molecular weight excluding hydrogens is 474 g/mol. The second-order valence-corrected chi connectivity index (χ2v) is 8.97. The van der Waals surface area contributed by atoms with Crippen molar-refractivity contribution in [2.75, 3.05) is 26.9 Å². The van der Waals surface area contributed by atoms with Crippen LogP contribution < -0.4 is 19.8 Å². The Balaban J connectivity index is 0.00000432. The van der Waals surface area contributed by atoms with Gasteiger partial charge in [0.25, 0.3) is 0 Å². The van der Waals surface area contributed by atoms with Crippen LogP contribution in [0.5, 0.6) is 17.4 Å². The van der Waals surface area contributed by atoms with Crippen molar-refractivity contribution in [2.24, 2.45) is 0 Å². The number of aliphatic hydroxyl groups is 1. The third-order valence-electron chi connectivity index (χ3n) is 5.29. The summed E-state index contributed by atoms with van der Waals surface area (Å²) in [5.74, 6) is 1.17. The third-order valence-corrected chi connectivity index (χ3v) is 5.29. The van der Waals surface area contributed by atoms with E-state index in [0.717, 1.165) is 11.1 Å². The van der Waals surface area contributed by atoms with Crippen molar-refractivity contribution in [3.05, 3.63) is 40.5 Å². The standard InChI is InChI=1S/C24H33N5O5.ClH/c1-7-33-20-11-15(2)22-27-28(23(25)29(22)26-20)14-18(31)16-12-17(24(3,4)5)21(32-6)19(13-16)34-10-8-9-30;/h11-13,25,30H,7-10,14H2,1-6H3;1H. The molecule has 0 aliphatic rings. The molecule has 3 rings (SSSR count). The molecule has 0 radical (unpaired) electrons. The fourth-order valence-corrected chi connectivity index (χ4v) is 3.57. The Morgan fingerprint density at radius 3 is 2.49 bits per heavy atom. The highest BCUT2D eigenvalue weighted by Gasteiger charge is 2.25. The van der Waals surface area contributed by atoms with Crippen molar-refractivity contribution < 1.29 is 24.1 Å². The summed E-state index contributed by atoms with van der Waals surface area (Å²) in [6.45, 7) is 10.4. The number of Topliss-reactive ketones (excluding diaryl/α,β-unsaturated/α-hetero) is 1. The number of aliphatic hydroxyl groups excluding tert-OH is 1. The minimum absolute atomic E-state index is 0. The second kappa shape index (κ2) is 11.5. The molecule has 0 aliphatic carbocycles. The largest absolute Gasteiger partial charge is 0.493 e. The van der Waals surface area contributed by atoms with Crippen molar-refractivity contribution in [1.29, 1.82) is 5.41 Å². The molecule has 0 fully saturated rings. The molecule has 35 heavy (non-hydrogen) atoms. The zero-order valence-electron chi connectivity index (χ0n) is 21.0. The molecule has 2 N–H and O–H groups in total. The molecule has 2 aromatic heterocycles. The van der Waals surface area contributed by atoms with Gasteiger partial charge in [-0.25, -0.2) is 4.68 Å². The fraction of sp³-hybridized carbons (Fsp3) is 0.500. The summed E-state index contributed by atoms with van der Waals surface area (Å²) in [5, 5.41) is 26.3. The molecule has 0 spiro atoms. The first-order valence-corrected chi connectivity index (χ1v) is 11.2. The number of benzene rings is 1. The molecule has 192 valence electrons. The van der Waals surface area contributed by atoms with Crippen LogP contribution in [-0.4, -0.2) is 57.2 Å². The maximum absolute atomic E-state index is 13.3. The molecule has 0 unspecified atom stereocenters. The van der Waals surface area contributed by atoms with Gasteiger partial charge >= 0.3 is 0 Å². The molecule has 0 saturated heterocycles. The molecule has 0 aliphatic heterocycles. The van der Waals surface area contributed by atoms with Gasteiger partial charge in [-0.2, -0.15) is 4.52 Å². The van der Waals surface area contributed by atoms with Crippen LogP contribution in [0.4, 0.5) is 0 Å². The number of aryl methyl sites for hydroxylation is 1. The van der Waals surface area contributed by atoms with E-state index in [0.29, 0.717) is 48.2 Å². The lowest BCUT2D eigenvalue weighted by molar-refractivity contribution is 0.0964. The topological polar surface area (TPSA) is 124 Å². The van der Waals surface area contributed by atoms with Crippen LogP contribution in [0, 0.1) is 12.3 Å². The van der Waals surface area contributed by atoms with E-state index in [9.17, 15) is 4.79 Å². The molecule has 1 aromatic carbocycles. The maximum Gasteiger partial charge on any atom is 0.242 e. The molecule has 0 amide bonds. The number of ether oxygens (including phenoxy) is 3.